The highest BCUT2D eigenvalue weighted by Crippen LogP contribution is 2.46. The van der Waals surface area contributed by atoms with Gasteiger partial charge in [-0.25, -0.2) is 0 Å². The van der Waals surface area contributed by atoms with E-state index in [0.29, 0.717) is 0 Å². The van der Waals surface area contributed by atoms with Crippen molar-refractivity contribution >= 4 is 75.5 Å². The molecular formula is C55H41NOS. The van der Waals surface area contributed by atoms with Gasteiger partial charge in [-0.1, -0.05) is 159 Å². The standard InChI is InChI=1S/C55H41NOS/c1-2-42-43(38-16-7-4-8-17-38)21-13-22-49(56-54(42)41-28-30-46-45-20-11-12-23-50(45)57-51(46)34-41)47-33-40-18-9-10-19-44(40)53-48-32-39(29-31-52(48)58-55(47)53)37-26-24-36(25-27-37)35-14-5-3-6-15-35/h3-12,14-21,23-34,42,54H,2,13,22H2,1H3/b43-21-,56-49+/t42-,54?/m1/s1. The van der Waals surface area contributed by atoms with E-state index in [9.17, 15) is 0 Å². The van der Waals surface area contributed by atoms with Crippen LogP contribution in [0.15, 0.2) is 191 Å². The molecule has 2 nitrogen and oxygen atoms in total. The average molecular weight is 764 g/mol. The lowest BCUT2D eigenvalue weighted by molar-refractivity contribution is 0.519. The van der Waals surface area contributed by atoms with Crippen molar-refractivity contribution in [3.8, 4) is 22.3 Å². The zero-order valence-corrected chi connectivity index (χ0v) is 33.2. The highest BCUT2D eigenvalue weighted by molar-refractivity contribution is 7.26. The topological polar surface area (TPSA) is 25.5 Å². The fourth-order valence-corrected chi connectivity index (χ4v) is 10.6. The van der Waals surface area contributed by atoms with Crippen LogP contribution in [-0.2, 0) is 0 Å². The number of allylic oxidation sites excluding steroid dienone is 1. The number of fused-ring (bicyclic) bond motifs is 8. The minimum absolute atomic E-state index is 0.0919. The Kier molecular flexibility index (Phi) is 8.63. The Hall–Kier alpha value is -6.55. The molecule has 1 unspecified atom stereocenters. The molecule has 0 N–H and O–H groups in total. The first-order valence-corrected chi connectivity index (χ1v) is 21.3. The molecule has 8 aromatic carbocycles. The van der Waals surface area contributed by atoms with E-state index in [1.54, 1.807) is 0 Å². The van der Waals surface area contributed by atoms with E-state index in [-0.39, 0.29) is 12.0 Å². The summed E-state index contributed by atoms with van der Waals surface area (Å²) in [5.41, 5.74) is 13.0. The van der Waals surface area contributed by atoms with Crippen LogP contribution in [-0.4, -0.2) is 5.71 Å². The largest absolute Gasteiger partial charge is 0.456 e. The summed E-state index contributed by atoms with van der Waals surface area (Å²) in [5, 5.41) is 7.47. The molecule has 0 radical (unpaired) electrons. The highest BCUT2D eigenvalue weighted by atomic mass is 32.1. The molecule has 3 heterocycles. The summed E-state index contributed by atoms with van der Waals surface area (Å²) in [4.78, 5) is 5.93. The molecule has 0 saturated carbocycles. The number of nitrogens with zero attached hydrogens (tertiary/aromatic N) is 1. The smallest absolute Gasteiger partial charge is 0.135 e. The number of benzene rings is 8. The van der Waals surface area contributed by atoms with Gasteiger partial charge in [-0.15, -0.1) is 11.3 Å². The third-order valence-electron chi connectivity index (χ3n) is 12.2. The normalized spacial score (nSPS) is 17.9. The zero-order valence-electron chi connectivity index (χ0n) is 32.4. The number of hydrogen-bond donors (Lipinski definition) is 0. The van der Waals surface area contributed by atoms with Crippen molar-refractivity contribution in [1.29, 1.82) is 0 Å². The zero-order chi connectivity index (χ0) is 38.6. The Bertz CT molecular complexity index is 3200. The lowest BCUT2D eigenvalue weighted by atomic mass is 9.80. The van der Waals surface area contributed by atoms with E-state index in [4.69, 9.17) is 9.41 Å². The number of thiophene rings is 1. The summed E-state index contributed by atoms with van der Waals surface area (Å²) < 4.78 is 9.09. The molecule has 1 aliphatic heterocycles. The van der Waals surface area contributed by atoms with Gasteiger partial charge in [-0.2, -0.15) is 0 Å². The van der Waals surface area contributed by atoms with Gasteiger partial charge in [0.1, 0.15) is 11.2 Å². The average Bonchev–Trinajstić information content (AvgIpc) is 3.85. The van der Waals surface area contributed by atoms with Gasteiger partial charge in [0.05, 0.1) is 6.04 Å². The summed E-state index contributed by atoms with van der Waals surface area (Å²) in [7, 11) is 0. The second kappa shape index (κ2) is 14.4. The number of para-hydroxylation sites is 1. The molecule has 3 heteroatoms. The van der Waals surface area contributed by atoms with Crippen molar-refractivity contribution in [2.24, 2.45) is 10.9 Å². The van der Waals surface area contributed by atoms with E-state index < -0.39 is 0 Å². The summed E-state index contributed by atoms with van der Waals surface area (Å²) >= 11 is 1.91. The van der Waals surface area contributed by atoms with Crippen LogP contribution < -0.4 is 0 Å². The molecule has 2 atom stereocenters. The third kappa shape index (κ3) is 5.97. The SMILES string of the molecule is CC[C@@H]1/C(c2ccccc2)=C\CC/C(c2cc3ccccc3c3c2sc2ccc(-c4ccc(-c5ccccc5)cc4)cc23)=N\C1c1ccc2c(c1)oc1ccccc12. The maximum absolute atomic E-state index is 6.48. The Morgan fingerprint density at radius 1 is 0.569 bits per heavy atom. The van der Waals surface area contributed by atoms with E-state index in [0.717, 1.165) is 41.2 Å². The molecular weight excluding hydrogens is 723 g/mol. The van der Waals surface area contributed by atoms with Crippen molar-refractivity contribution in [1.82, 2.24) is 0 Å². The van der Waals surface area contributed by atoms with E-state index >= 15 is 0 Å². The van der Waals surface area contributed by atoms with Crippen LogP contribution in [0, 0.1) is 5.92 Å². The maximum Gasteiger partial charge on any atom is 0.135 e. The van der Waals surface area contributed by atoms with Crippen molar-refractivity contribution in [2.75, 3.05) is 0 Å². The van der Waals surface area contributed by atoms with Crippen LogP contribution in [0.25, 0.3) is 80.7 Å². The molecule has 1 aliphatic rings. The molecule has 10 aromatic rings. The van der Waals surface area contributed by atoms with Crippen molar-refractivity contribution < 1.29 is 4.42 Å². The molecule has 0 amide bonds. The van der Waals surface area contributed by atoms with Gasteiger partial charge in [-0.05, 0) is 99.3 Å². The first-order chi connectivity index (χ1) is 28.7. The first kappa shape index (κ1) is 34.7. The molecule has 0 saturated heterocycles. The number of hydrogen-bond acceptors (Lipinski definition) is 3. The highest BCUT2D eigenvalue weighted by Gasteiger charge is 2.29. The lowest BCUT2D eigenvalue weighted by Crippen LogP contribution is -2.18. The Balaban J connectivity index is 1.09. The summed E-state index contributed by atoms with van der Waals surface area (Å²) in [6.45, 7) is 2.32. The lowest BCUT2D eigenvalue weighted by Gasteiger charge is -2.29. The predicted molar refractivity (Wildman–Crippen MR) is 248 cm³/mol. The minimum Gasteiger partial charge on any atom is -0.456 e. The van der Waals surface area contributed by atoms with Crippen LogP contribution in [0.4, 0.5) is 0 Å². The predicted octanol–water partition coefficient (Wildman–Crippen LogP) is 15.9. The van der Waals surface area contributed by atoms with E-state index in [2.05, 4.69) is 183 Å². The molecule has 0 bridgehead atoms. The second-order valence-corrected chi connectivity index (χ2v) is 16.6. The molecule has 278 valence electrons. The van der Waals surface area contributed by atoms with Crippen LogP contribution in [0.5, 0.6) is 0 Å². The van der Waals surface area contributed by atoms with Gasteiger partial charge < -0.3 is 4.42 Å². The maximum atomic E-state index is 6.48. The van der Waals surface area contributed by atoms with Gasteiger partial charge in [0.2, 0.25) is 0 Å². The van der Waals surface area contributed by atoms with Crippen LogP contribution in [0.1, 0.15) is 48.9 Å². The molecule has 11 rings (SSSR count). The molecule has 2 aromatic heterocycles. The Morgan fingerprint density at radius 3 is 2.02 bits per heavy atom. The van der Waals surface area contributed by atoms with E-state index in [1.165, 1.54) is 81.2 Å². The van der Waals surface area contributed by atoms with E-state index in [1.807, 2.05) is 17.4 Å². The van der Waals surface area contributed by atoms with Crippen LogP contribution in [0.2, 0.25) is 0 Å². The van der Waals surface area contributed by atoms with Crippen LogP contribution >= 0.6 is 11.3 Å². The fraction of sp³-hybridized carbons (Fsp3) is 0.109. The monoisotopic (exact) mass is 763 g/mol. The quantitative estimate of drug-likeness (QED) is 0.166. The van der Waals surface area contributed by atoms with Crippen molar-refractivity contribution in [3.05, 3.63) is 199 Å². The molecule has 58 heavy (non-hydrogen) atoms. The van der Waals surface area contributed by atoms with Crippen LogP contribution in [0.3, 0.4) is 0 Å². The van der Waals surface area contributed by atoms with Gasteiger partial charge in [0, 0.05) is 48.1 Å². The fourth-order valence-electron chi connectivity index (χ4n) is 9.36. The summed E-state index contributed by atoms with van der Waals surface area (Å²) in [6.07, 6.45) is 5.25. The van der Waals surface area contributed by atoms with Gasteiger partial charge in [0.25, 0.3) is 0 Å². The molecule has 0 aliphatic carbocycles. The van der Waals surface area contributed by atoms with Crippen molar-refractivity contribution in [3.63, 3.8) is 0 Å². The van der Waals surface area contributed by atoms with Gasteiger partial charge in [-0.3, -0.25) is 4.99 Å². The minimum atomic E-state index is -0.0919. The first-order valence-electron chi connectivity index (χ1n) is 20.5. The summed E-state index contributed by atoms with van der Waals surface area (Å²) in [5.74, 6) is 0.189. The molecule has 0 fully saturated rings. The van der Waals surface area contributed by atoms with Crippen molar-refractivity contribution in [2.45, 2.75) is 32.2 Å². The Labute approximate surface area is 342 Å². The Morgan fingerprint density at radius 2 is 1.22 bits per heavy atom. The van der Waals surface area contributed by atoms with Gasteiger partial charge >= 0.3 is 0 Å². The summed E-state index contributed by atoms with van der Waals surface area (Å²) in [6, 6.07) is 64.0. The number of rotatable bonds is 6. The third-order valence-corrected chi connectivity index (χ3v) is 13.4. The number of aliphatic imine (C=N–C) groups is 1. The molecule has 0 spiro atoms. The number of furan rings is 1. The second-order valence-electron chi connectivity index (χ2n) is 15.6. The van der Waals surface area contributed by atoms with Gasteiger partial charge in [0.15, 0.2) is 0 Å².